The van der Waals surface area contributed by atoms with Gasteiger partial charge in [-0.3, -0.25) is 9.59 Å². The van der Waals surface area contributed by atoms with Gasteiger partial charge in [0, 0.05) is 36.4 Å². The molecule has 0 bridgehead atoms. The summed E-state index contributed by atoms with van der Waals surface area (Å²) in [5, 5.41) is 5.62. The normalized spacial score (nSPS) is 15.1. The molecule has 2 aromatic heterocycles. The average Bonchev–Trinajstić information content (AvgIpc) is 3.36. The standard InChI is InChI=1S/C21H23N3O3S/c1-2-23-9-11-24(12-10-23)21(26)20-19(16-7-3-4-8-17(16)27-20)22-18(25)14-15-6-5-13-28-15/h3-8,13H,2,9-12,14H2,1H3,(H,22,25). The molecule has 1 aromatic carbocycles. The SMILES string of the molecule is CCN1CCN(C(=O)c2oc3ccccc3c2NC(=O)Cc2cccs2)CC1. The minimum atomic E-state index is -0.168. The summed E-state index contributed by atoms with van der Waals surface area (Å²) in [5.74, 6) is -0.108. The van der Waals surface area contributed by atoms with Crippen LogP contribution in [0.25, 0.3) is 11.0 Å². The van der Waals surface area contributed by atoms with Crippen molar-refractivity contribution in [3.63, 3.8) is 0 Å². The van der Waals surface area contributed by atoms with Gasteiger partial charge in [-0.1, -0.05) is 25.1 Å². The van der Waals surface area contributed by atoms with Gasteiger partial charge in [0.05, 0.1) is 6.42 Å². The summed E-state index contributed by atoms with van der Waals surface area (Å²) in [6.07, 6.45) is 0.278. The van der Waals surface area contributed by atoms with Gasteiger partial charge >= 0.3 is 0 Å². The molecule has 0 unspecified atom stereocenters. The van der Waals surface area contributed by atoms with Crippen LogP contribution >= 0.6 is 11.3 Å². The molecule has 0 aliphatic carbocycles. The van der Waals surface area contributed by atoms with E-state index in [0.717, 1.165) is 29.9 Å². The number of piperazine rings is 1. The second kappa shape index (κ2) is 8.16. The van der Waals surface area contributed by atoms with Gasteiger partial charge in [-0.05, 0) is 30.1 Å². The van der Waals surface area contributed by atoms with Gasteiger partial charge in [-0.25, -0.2) is 0 Å². The molecule has 1 saturated heterocycles. The number of hydrogen-bond acceptors (Lipinski definition) is 5. The van der Waals surface area contributed by atoms with E-state index in [1.807, 2.05) is 41.8 Å². The molecule has 0 atom stereocenters. The second-order valence-electron chi connectivity index (χ2n) is 6.83. The molecule has 0 saturated carbocycles. The molecule has 1 aliphatic heterocycles. The van der Waals surface area contributed by atoms with Crippen LogP contribution in [0.4, 0.5) is 5.69 Å². The van der Waals surface area contributed by atoms with E-state index in [4.69, 9.17) is 4.42 Å². The maximum atomic E-state index is 13.1. The Labute approximate surface area is 167 Å². The number of likely N-dealkylation sites (N-methyl/N-ethyl adjacent to an activating group) is 1. The van der Waals surface area contributed by atoms with Gasteiger partial charge in [0.2, 0.25) is 11.7 Å². The largest absolute Gasteiger partial charge is 0.449 e. The Balaban J connectivity index is 1.60. The average molecular weight is 398 g/mol. The Bertz CT molecular complexity index is 972. The van der Waals surface area contributed by atoms with Crippen LogP contribution in [0.5, 0.6) is 0 Å². The number of furan rings is 1. The highest BCUT2D eigenvalue weighted by Crippen LogP contribution is 2.32. The highest BCUT2D eigenvalue weighted by Gasteiger charge is 2.28. The zero-order valence-corrected chi connectivity index (χ0v) is 16.6. The lowest BCUT2D eigenvalue weighted by Crippen LogP contribution is -2.48. The van der Waals surface area contributed by atoms with E-state index >= 15 is 0 Å². The Morgan fingerprint density at radius 2 is 1.89 bits per heavy atom. The first kappa shape index (κ1) is 18.7. The van der Waals surface area contributed by atoms with Gasteiger partial charge in [0.1, 0.15) is 11.3 Å². The number of carbonyl (C=O) groups excluding carboxylic acids is 2. The molecule has 3 heterocycles. The van der Waals surface area contributed by atoms with Gasteiger partial charge in [0.25, 0.3) is 5.91 Å². The van der Waals surface area contributed by atoms with Crippen LogP contribution in [0, 0.1) is 0 Å². The molecular weight excluding hydrogens is 374 g/mol. The summed E-state index contributed by atoms with van der Waals surface area (Å²) in [6.45, 7) is 6.12. The molecular formula is C21H23N3O3S. The highest BCUT2D eigenvalue weighted by atomic mass is 32.1. The third-order valence-corrected chi connectivity index (χ3v) is 5.95. The molecule has 28 heavy (non-hydrogen) atoms. The van der Waals surface area contributed by atoms with Crippen molar-refractivity contribution >= 4 is 39.8 Å². The van der Waals surface area contributed by atoms with Crippen molar-refractivity contribution in [2.45, 2.75) is 13.3 Å². The predicted octanol–water partition coefficient (Wildman–Crippen LogP) is 3.45. The first-order valence-electron chi connectivity index (χ1n) is 9.51. The zero-order chi connectivity index (χ0) is 19.5. The second-order valence-corrected chi connectivity index (χ2v) is 7.87. The third kappa shape index (κ3) is 3.81. The third-order valence-electron chi connectivity index (χ3n) is 5.08. The van der Waals surface area contributed by atoms with Crippen LogP contribution in [0.15, 0.2) is 46.2 Å². The van der Waals surface area contributed by atoms with Crippen molar-refractivity contribution in [2.75, 3.05) is 38.0 Å². The molecule has 1 N–H and O–H groups in total. The summed E-state index contributed by atoms with van der Waals surface area (Å²) in [7, 11) is 0. The summed E-state index contributed by atoms with van der Waals surface area (Å²) in [4.78, 5) is 30.8. The van der Waals surface area contributed by atoms with Crippen LogP contribution in [-0.4, -0.2) is 54.3 Å². The fraction of sp³-hybridized carbons (Fsp3) is 0.333. The van der Waals surface area contributed by atoms with Crippen molar-refractivity contribution in [3.8, 4) is 0 Å². The van der Waals surface area contributed by atoms with E-state index < -0.39 is 0 Å². The number of rotatable bonds is 5. The lowest BCUT2D eigenvalue weighted by molar-refractivity contribution is -0.115. The molecule has 4 rings (SSSR count). The monoisotopic (exact) mass is 397 g/mol. The van der Waals surface area contributed by atoms with Crippen molar-refractivity contribution in [1.82, 2.24) is 9.80 Å². The lowest BCUT2D eigenvalue weighted by Gasteiger charge is -2.33. The molecule has 1 fully saturated rings. The molecule has 2 amide bonds. The van der Waals surface area contributed by atoms with Gasteiger partial charge in [-0.2, -0.15) is 0 Å². The quantitative estimate of drug-likeness (QED) is 0.716. The van der Waals surface area contributed by atoms with Gasteiger partial charge in [-0.15, -0.1) is 11.3 Å². The predicted molar refractivity (Wildman–Crippen MR) is 111 cm³/mol. The number of carbonyl (C=O) groups is 2. The first-order chi connectivity index (χ1) is 13.7. The topological polar surface area (TPSA) is 65.8 Å². The number of para-hydroxylation sites is 1. The molecule has 3 aromatic rings. The fourth-order valence-electron chi connectivity index (χ4n) is 3.49. The number of thiophene rings is 1. The number of anilines is 1. The van der Waals surface area contributed by atoms with Crippen LogP contribution in [0.3, 0.4) is 0 Å². The maximum Gasteiger partial charge on any atom is 0.291 e. The molecule has 1 aliphatic rings. The fourth-order valence-corrected chi connectivity index (χ4v) is 4.19. The number of amides is 2. The van der Waals surface area contributed by atoms with Crippen molar-refractivity contribution < 1.29 is 14.0 Å². The smallest absolute Gasteiger partial charge is 0.291 e. The Morgan fingerprint density at radius 1 is 1.11 bits per heavy atom. The number of hydrogen-bond donors (Lipinski definition) is 1. The number of nitrogens with one attached hydrogen (secondary N) is 1. The van der Waals surface area contributed by atoms with E-state index in [0.29, 0.717) is 24.4 Å². The summed E-state index contributed by atoms with van der Waals surface area (Å²) in [6, 6.07) is 11.3. The molecule has 146 valence electrons. The molecule has 7 heteroatoms. The Kier molecular flexibility index (Phi) is 5.45. The minimum Gasteiger partial charge on any atom is -0.449 e. The van der Waals surface area contributed by atoms with E-state index in [2.05, 4.69) is 17.1 Å². The first-order valence-corrected chi connectivity index (χ1v) is 10.4. The number of fused-ring (bicyclic) bond motifs is 1. The van der Waals surface area contributed by atoms with Gasteiger partial charge in [0.15, 0.2) is 0 Å². The van der Waals surface area contributed by atoms with Crippen LogP contribution < -0.4 is 5.32 Å². The van der Waals surface area contributed by atoms with E-state index in [9.17, 15) is 9.59 Å². The van der Waals surface area contributed by atoms with Crippen LogP contribution in [-0.2, 0) is 11.2 Å². The zero-order valence-electron chi connectivity index (χ0n) is 15.8. The van der Waals surface area contributed by atoms with E-state index in [1.165, 1.54) is 11.3 Å². The maximum absolute atomic E-state index is 13.1. The van der Waals surface area contributed by atoms with Gasteiger partial charge < -0.3 is 19.5 Å². The van der Waals surface area contributed by atoms with Crippen molar-refractivity contribution in [1.29, 1.82) is 0 Å². The molecule has 6 nitrogen and oxygen atoms in total. The van der Waals surface area contributed by atoms with Crippen molar-refractivity contribution in [2.24, 2.45) is 0 Å². The van der Waals surface area contributed by atoms with E-state index in [-0.39, 0.29) is 24.0 Å². The van der Waals surface area contributed by atoms with Crippen LogP contribution in [0.1, 0.15) is 22.4 Å². The Morgan fingerprint density at radius 3 is 2.61 bits per heavy atom. The molecule has 0 radical (unpaired) electrons. The lowest BCUT2D eigenvalue weighted by atomic mass is 10.2. The van der Waals surface area contributed by atoms with Crippen molar-refractivity contribution in [3.05, 3.63) is 52.4 Å². The summed E-state index contributed by atoms with van der Waals surface area (Å²) in [5.41, 5.74) is 1.07. The summed E-state index contributed by atoms with van der Waals surface area (Å²) >= 11 is 1.54. The highest BCUT2D eigenvalue weighted by molar-refractivity contribution is 7.10. The number of benzene rings is 1. The minimum absolute atomic E-state index is 0.154. The number of nitrogens with zero attached hydrogens (tertiary/aromatic N) is 2. The molecule has 0 spiro atoms. The summed E-state index contributed by atoms with van der Waals surface area (Å²) < 4.78 is 5.89. The van der Waals surface area contributed by atoms with E-state index in [1.54, 1.807) is 4.90 Å². The van der Waals surface area contributed by atoms with Crippen LogP contribution in [0.2, 0.25) is 0 Å². The Hall–Kier alpha value is -2.64.